The Kier molecular flexibility index (Phi) is 3.54. The second kappa shape index (κ2) is 5.34. The van der Waals surface area contributed by atoms with Crippen molar-refractivity contribution in [2.45, 2.75) is 13.3 Å². The zero-order valence-electron chi connectivity index (χ0n) is 11.4. The van der Waals surface area contributed by atoms with Gasteiger partial charge in [0, 0.05) is 23.9 Å². The van der Waals surface area contributed by atoms with Crippen LogP contribution in [0.3, 0.4) is 0 Å². The number of rotatable bonds is 3. The molecule has 1 saturated heterocycles. The molecule has 4 nitrogen and oxygen atoms in total. The first-order valence-corrected chi connectivity index (χ1v) is 7.58. The van der Waals surface area contributed by atoms with E-state index < -0.39 is 0 Å². The van der Waals surface area contributed by atoms with E-state index in [1.807, 2.05) is 5.38 Å². The van der Waals surface area contributed by atoms with E-state index in [0.29, 0.717) is 19.5 Å². The monoisotopic (exact) mass is 287 g/mol. The Bertz CT molecular complexity index is 620. The number of aromatic nitrogens is 1. The highest BCUT2D eigenvalue weighted by Gasteiger charge is 2.31. The number of hydrogen-bond donors (Lipinski definition) is 1. The molecule has 0 radical (unpaired) electrons. The van der Waals surface area contributed by atoms with Crippen LogP contribution in [0.25, 0.3) is 11.3 Å². The summed E-state index contributed by atoms with van der Waals surface area (Å²) in [6.45, 7) is 3.31. The Balaban J connectivity index is 1.83. The number of anilines is 1. The Morgan fingerprint density at radius 2 is 2.15 bits per heavy atom. The van der Waals surface area contributed by atoms with Crippen LogP contribution in [-0.2, 0) is 4.79 Å². The van der Waals surface area contributed by atoms with Crippen molar-refractivity contribution in [1.82, 2.24) is 4.98 Å². The van der Waals surface area contributed by atoms with Gasteiger partial charge in [-0.3, -0.25) is 9.69 Å². The second-order valence-corrected chi connectivity index (χ2v) is 6.03. The lowest BCUT2D eigenvalue weighted by atomic mass is 10.1. The van der Waals surface area contributed by atoms with Crippen LogP contribution < -0.4 is 10.6 Å². The summed E-state index contributed by atoms with van der Waals surface area (Å²) in [6, 6.07) is 8.25. The van der Waals surface area contributed by atoms with Crippen molar-refractivity contribution >= 4 is 22.4 Å². The molecule has 1 aliphatic heterocycles. The van der Waals surface area contributed by atoms with Gasteiger partial charge >= 0.3 is 0 Å². The van der Waals surface area contributed by atoms with Gasteiger partial charge in [-0.1, -0.05) is 29.8 Å². The number of nitrogens with two attached hydrogens (primary N) is 1. The Morgan fingerprint density at radius 1 is 1.40 bits per heavy atom. The molecule has 2 aromatic rings. The van der Waals surface area contributed by atoms with Crippen molar-refractivity contribution in [1.29, 1.82) is 0 Å². The van der Waals surface area contributed by atoms with Gasteiger partial charge < -0.3 is 5.73 Å². The molecule has 1 aromatic heterocycles. The molecule has 1 aliphatic rings. The van der Waals surface area contributed by atoms with Gasteiger partial charge in [0.05, 0.1) is 5.69 Å². The highest BCUT2D eigenvalue weighted by atomic mass is 32.1. The van der Waals surface area contributed by atoms with Gasteiger partial charge in [-0.15, -0.1) is 11.3 Å². The predicted octanol–water partition coefficient (Wildman–Crippen LogP) is 2.43. The van der Waals surface area contributed by atoms with E-state index in [1.165, 1.54) is 16.9 Å². The van der Waals surface area contributed by atoms with Crippen LogP contribution in [0.1, 0.15) is 12.0 Å². The summed E-state index contributed by atoms with van der Waals surface area (Å²) in [5.41, 5.74) is 8.89. The molecule has 1 aromatic carbocycles. The maximum atomic E-state index is 12.0. The Morgan fingerprint density at radius 3 is 2.80 bits per heavy atom. The number of carbonyl (C=O) groups excluding carboxylic acids is 1. The van der Waals surface area contributed by atoms with Crippen molar-refractivity contribution in [3.8, 4) is 11.3 Å². The zero-order chi connectivity index (χ0) is 14.1. The van der Waals surface area contributed by atoms with Crippen LogP contribution in [0.15, 0.2) is 29.6 Å². The maximum Gasteiger partial charge on any atom is 0.229 e. The predicted molar refractivity (Wildman–Crippen MR) is 81.8 cm³/mol. The maximum absolute atomic E-state index is 12.0. The molecule has 0 saturated carbocycles. The van der Waals surface area contributed by atoms with Gasteiger partial charge in [0.2, 0.25) is 5.91 Å². The van der Waals surface area contributed by atoms with Crippen LogP contribution in [-0.4, -0.2) is 24.0 Å². The van der Waals surface area contributed by atoms with E-state index in [9.17, 15) is 4.79 Å². The first-order valence-electron chi connectivity index (χ1n) is 6.70. The molecular weight excluding hydrogens is 270 g/mol. The molecule has 20 heavy (non-hydrogen) atoms. The summed E-state index contributed by atoms with van der Waals surface area (Å²) in [5, 5.41) is 2.78. The molecule has 0 aliphatic carbocycles. The minimum absolute atomic E-state index is 0.130. The van der Waals surface area contributed by atoms with E-state index in [1.54, 1.807) is 4.90 Å². The van der Waals surface area contributed by atoms with Crippen molar-refractivity contribution < 1.29 is 4.79 Å². The van der Waals surface area contributed by atoms with Crippen molar-refractivity contribution in [3.05, 3.63) is 35.2 Å². The summed E-state index contributed by atoms with van der Waals surface area (Å²) >= 11 is 1.52. The number of benzene rings is 1. The molecular formula is C15H17N3OS. The third kappa shape index (κ3) is 2.46. The van der Waals surface area contributed by atoms with Crippen LogP contribution >= 0.6 is 11.3 Å². The molecule has 0 spiro atoms. The van der Waals surface area contributed by atoms with Crippen LogP contribution in [0.5, 0.6) is 0 Å². The fourth-order valence-corrected chi connectivity index (χ4v) is 3.23. The van der Waals surface area contributed by atoms with Gasteiger partial charge in [0.25, 0.3) is 0 Å². The summed E-state index contributed by atoms with van der Waals surface area (Å²) in [6.07, 6.45) is 0.538. The molecule has 1 fully saturated rings. The summed E-state index contributed by atoms with van der Waals surface area (Å²) < 4.78 is 0. The largest absolute Gasteiger partial charge is 0.330 e. The van der Waals surface area contributed by atoms with Gasteiger partial charge in [0.15, 0.2) is 5.13 Å². The van der Waals surface area contributed by atoms with Crippen LogP contribution in [0, 0.1) is 12.8 Å². The van der Waals surface area contributed by atoms with Crippen LogP contribution in [0.4, 0.5) is 5.13 Å². The zero-order valence-corrected chi connectivity index (χ0v) is 12.2. The van der Waals surface area contributed by atoms with E-state index >= 15 is 0 Å². The molecule has 104 valence electrons. The van der Waals surface area contributed by atoms with Gasteiger partial charge in [-0.05, 0) is 19.4 Å². The number of amides is 1. The van der Waals surface area contributed by atoms with E-state index in [4.69, 9.17) is 5.73 Å². The Labute approximate surface area is 122 Å². The highest BCUT2D eigenvalue weighted by Crippen LogP contribution is 2.31. The lowest BCUT2D eigenvalue weighted by molar-refractivity contribution is -0.117. The molecule has 0 bridgehead atoms. The van der Waals surface area contributed by atoms with Crippen molar-refractivity contribution in [2.75, 3.05) is 18.0 Å². The fourth-order valence-electron chi connectivity index (χ4n) is 2.37. The molecule has 5 heteroatoms. The smallest absolute Gasteiger partial charge is 0.229 e. The lowest BCUT2D eigenvalue weighted by Crippen LogP contribution is -2.25. The lowest BCUT2D eigenvalue weighted by Gasteiger charge is -2.12. The molecule has 1 atom stereocenters. The first kappa shape index (κ1) is 13.3. The SMILES string of the molecule is Cc1ccc(-c2csc(N3CC(CN)CC3=O)n2)cc1. The summed E-state index contributed by atoms with van der Waals surface area (Å²) in [7, 11) is 0. The average Bonchev–Trinajstić information content (AvgIpc) is 3.06. The number of aryl methyl sites for hydroxylation is 1. The first-order chi connectivity index (χ1) is 9.67. The molecule has 2 heterocycles. The van der Waals surface area contributed by atoms with Crippen molar-refractivity contribution in [3.63, 3.8) is 0 Å². The van der Waals surface area contributed by atoms with Crippen molar-refractivity contribution in [2.24, 2.45) is 11.7 Å². The molecule has 2 N–H and O–H groups in total. The normalized spacial score (nSPS) is 18.8. The van der Waals surface area contributed by atoms with Crippen LogP contribution in [0.2, 0.25) is 0 Å². The fraction of sp³-hybridized carbons (Fsp3) is 0.333. The molecule has 1 unspecified atom stereocenters. The highest BCUT2D eigenvalue weighted by molar-refractivity contribution is 7.14. The van der Waals surface area contributed by atoms with Gasteiger partial charge in [-0.25, -0.2) is 4.98 Å². The van der Waals surface area contributed by atoms with E-state index in [-0.39, 0.29) is 11.8 Å². The standard InChI is InChI=1S/C15H17N3OS/c1-10-2-4-12(5-3-10)13-9-20-15(17-13)18-8-11(7-16)6-14(18)19/h2-5,9,11H,6-8,16H2,1H3. The third-order valence-electron chi connectivity index (χ3n) is 3.61. The molecule has 1 amide bonds. The number of thiazole rings is 1. The quantitative estimate of drug-likeness (QED) is 0.943. The number of nitrogens with zero attached hydrogens (tertiary/aromatic N) is 2. The Hall–Kier alpha value is -1.72. The van der Waals surface area contributed by atoms with E-state index in [0.717, 1.165) is 16.4 Å². The summed E-state index contributed by atoms with van der Waals surface area (Å²) in [5.74, 6) is 0.388. The van der Waals surface area contributed by atoms with Gasteiger partial charge in [0.1, 0.15) is 0 Å². The second-order valence-electron chi connectivity index (χ2n) is 5.19. The van der Waals surface area contributed by atoms with E-state index in [2.05, 4.69) is 36.2 Å². The molecule has 3 rings (SSSR count). The number of carbonyl (C=O) groups is 1. The summed E-state index contributed by atoms with van der Waals surface area (Å²) in [4.78, 5) is 18.3. The average molecular weight is 287 g/mol. The minimum Gasteiger partial charge on any atom is -0.330 e. The third-order valence-corrected chi connectivity index (χ3v) is 4.47. The topological polar surface area (TPSA) is 59.2 Å². The van der Waals surface area contributed by atoms with Gasteiger partial charge in [-0.2, -0.15) is 0 Å². The number of hydrogen-bond acceptors (Lipinski definition) is 4. The minimum atomic E-state index is 0.130.